The fourth-order valence-corrected chi connectivity index (χ4v) is 3.07. The van der Waals surface area contributed by atoms with Crippen LogP contribution in [0.25, 0.3) is 0 Å². The van der Waals surface area contributed by atoms with E-state index in [9.17, 15) is 14.4 Å². The van der Waals surface area contributed by atoms with Crippen molar-refractivity contribution in [2.45, 2.75) is 19.4 Å². The molecule has 8 heteroatoms. The van der Waals surface area contributed by atoms with Crippen LogP contribution in [-0.2, 0) is 16.1 Å². The Bertz CT molecular complexity index is 792. The fourth-order valence-electron chi connectivity index (χ4n) is 3.07. The molecule has 0 aliphatic carbocycles. The Labute approximate surface area is 163 Å². The number of furan rings is 1. The van der Waals surface area contributed by atoms with Gasteiger partial charge in [0.25, 0.3) is 0 Å². The lowest BCUT2D eigenvalue weighted by Crippen LogP contribution is -2.48. The highest BCUT2D eigenvalue weighted by molar-refractivity contribution is 5.90. The number of carbonyl (C=O) groups is 3. The first kappa shape index (κ1) is 19.5. The van der Waals surface area contributed by atoms with Crippen molar-refractivity contribution in [2.24, 2.45) is 5.92 Å². The number of anilines is 1. The smallest absolute Gasteiger partial charge is 0.321 e. The highest BCUT2D eigenvalue weighted by atomic mass is 16.3. The van der Waals surface area contributed by atoms with Crippen LogP contribution in [0.4, 0.5) is 10.5 Å². The maximum absolute atomic E-state index is 12.4. The number of likely N-dealkylation sites (tertiary alicyclic amines) is 1. The van der Waals surface area contributed by atoms with Gasteiger partial charge in [-0.1, -0.05) is 18.2 Å². The third-order valence-electron chi connectivity index (χ3n) is 4.57. The summed E-state index contributed by atoms with van der Waals surface area (Å²) in [5, 5.41) is 8.16. The number of hydrogen-bond donors (Lipinski definition) is 3. The predicted octanol–water partition coefficient (Wildman–Crippen LogP) is 1.96. The van der Waals surface area contributed by atoms with Gasteiger partial charge in [0, 0.05) is 18.8 Å². The Morgan fingerprint density at radius 3 is 2.64 bits per heavy atom. The molecule has 1 unspecified atom stereocenters. The van der Waals surface area contributed by atoms with Gasteiger partial charge in [0.05, 0.1) is 25.3 Å². The second kappa shape index (κ2) is 9.59. The number of amides is 4. The van der Waals surface area contributed by atoms with Crippen LogP contribution in [0, 0.1) is 5.92 Å². The molecule has 3 N–H and O–H groups in total. The highest BCUT2D eigenvalue weighted by Crippen LogP contribution is 2.18. The number of benzene rings is 1. The maximum Gasteiger partial charge on any atom is 0.321 e. The van der Waals surface area contributed by atoms with Gasteiger partial charge in [-0.05, 0) is 37.1 Å². The number of urea groups is 1. The summed E-state index contributed by atoms with van der Waals surface area (Å²) in [4.78, 5) is 38.3. The molecule has 148 valence electrons. The Hall–Kier alpha value is -3.29. The van der Waals surface area contributed by atoms with Gasteiger partial charge in [0.1, 0.15) is 5.76 Å². The summed E-state index contributed by atoms with van der Waals surface area (Å²) in [6.07, 6.45) is 2.96. The molecule has 1 aliphatic heterocycles. The van der Waals surface area contributed by atoms with Crippen LogP contribution in [0.5, 0.6) is 0 Å². The van der Waals surface area contributed by atoms with Gasteiger partial charge in [0.15, 0.2) is 0 Å². The van der Waals surface area contributed by atoms with Crippen molar-refractivity contribution in [2.75, 3.05) is 25.0 Å². The Morgan fingerprint density at radius 1 is 1.07 bits per heavy atom. The van der Waals surface area contributed by atoms with Crippen LogP contribution in [0.3, 0.4) is 0 Å². The molecule has 4 amide bonds. The topological polar surface area (TPSA) is 104 Å². The zero-order chi connectivity index (χ0) is 19.8. The lowest BCUT2D eigenvalue weighted by molar-refractivity contribution is -0.129. The van der Waals surface area contributed by atoms with E-state index in [1.165, 1.54) is 6.26 Å². The van der Waals surface area contributed by atoms with Gasteiger partial charge in [-0.3, -0.25) is 9.59 Å². The standard InChI is InChI=1S/C20H24N4O4/c25-18(21-12-17-9-5-11-28-17)13-22-19(26)15-6-4-10-24(14-15)20(27)23-16-7-2-1-3-8-16/h1-3,5,7-9,11,15H,4,6,10,12-14H2,(H,21,25)(H,22,26)(H,23,27). The summed E-state index contributed by atoms with van der Waals surface area (Å²) in [6.45, 7) is 1.11. The van der Waals surface area contributed by atoms with Crippen molar-refractivity contribution in [1.82, 2.24) is 15.5 Å². The van der Waals surface area contributed by atoms with Crippen LogP contribution in [0.2, 0.25) is 0 Å². The quantitative estimate of drug-likeness (QED) is 0.708. The number of hydrogen-bond acceptors (Lipinski definition) is 4. The minimum Gasteiger partial charge on any atom is -0.467 e. The van der Waals surface area contributed by atoms with E-state index >= 15 is 0 Å². The van der Waals surface area contributed by atoms with E-state index in [1.807, 2.05) is 30.3 Å². The van der Waals surface area contributed by atoms with Gasteiger partial charge in [-0.25, -0.2) is 4.79 Å². The molecule has 1 aromatic carbocycles. The monoisotopic (exact) mass is 384 g/mol. The molecular weight excluding hydrogens is 360 g/mol. The molecule has 1 aliphatic rings. The van der Waals surface area contributed by atoms with Crippen molar-refractivity contribution in [3.63, 3.8) is 0 Å². The summed E-state index contributed by atoms with van der Waals surface area (Å²) >= 11 is 0. The van der Waals surface area contributed by atoms with E-state index in [0.29, 0.717) is 31.0 Å². The van der Waals surface area contributed by atoms with Gasteiger partial charge in [-0.2, -0.15) is 0 Å². The van der Waals surface area contributed by atoms with Crippen molar-refractivity contribution in [3.8, 4) is 0 Å². The van der Waals surface area contributed by atoms with Gasteiger partial charge < -0.3 is 25.3 Å². The van der Waals surface area contributed by atoms with E-state index in [2.05, 4.69) is 16.0 Å². The van der Waals surface area contributed by atoms with E-state index in [1.54, 1.807) is 17.0 Å². The molecule has 2 heterocycles. The molecule has 1 aromatic heterocycles. The summed E-state index contributed by atoms with van der Waals surface area (Å²) in [5.41, 5.74) is 0.715. The predicted molar refractivity (Wildman–Crippen MR) is 103 cm³/mol. The van der Waals surface area contributed by atoms with Crippen molar-refractivity contribution in [1.29, 1.82) is 0 Å². The molecule has 28 heavy (non-hydrogen) atoms. The molecule has 2 aromatic rings. The average Bonchev–Trinajstić information content (AvgIpc) is 3.25. The average molecular weight is 384 g/mol. The number of para-hydroxylation sites is 1. The molecule has 1 fully saturated rings. The third-order valence-corrected chi connectivity index (χ3v) is 4.57. The molecule has 1 atom stereocenters. The Kier molecular flexibility index (Phi) is 6.67. The molecule has 0 spiro atoms. The molecule has 1 saturated heterocycles. The van der Waals surface area contributed by atoms with E-state index in [0.717, 1.165) is 6.42 Å². The summed E-state index contributed by atoms with van der Waals surface area (Å²) in [6, 6.07) is 12.5. The minimum absolute atomic E-state index is 0.105. The zero-order valence-electron chi connectivity index (χ0n) is 15.5. The lowest BCUT2D eigenvalue weighted by atomic mass is 9.97. The largest absolute Gasteiger partial charge is 0.467 e. The summed E-state index contributed by atoms with van der Waals surface area (Å²) < 4.78 is 5.14. The van der Waals surface area contributed by atoms with Gasteiger partial charge >= 0.3 is 6.03 Å². The second-order valence-electron chi connectivity index (χ2n) is 6.66. The van der Waals surface area contributed by atoms with E-state index in [4.69, 9.17) is 4.42 Å². The normalized spacial score (nSPS) is 16.3. The van der Waals surface area contributed by atoms with Gasteiger partial charge in [-0.15, -0.1) is 0 Å². The van der Waals surface area contributed by atoms with Crippen LogP contribution in [0.1, 0.15) is 18.6 Å². The van der Waals surface area contributed by atoms with Crippen molar-refractivity contribution in [3.05, 3.63) is 54.5 Å². The lowest BCUT2D eigenvalue weighted by Gasteiger charge is -2.32. The molecular formula is C20H24N4O4. The number of rotatable bonds is 6. The first-order valence-corrected chi connectivity index (χ1v) is 9.29. The number of piperidine rings is 1. The SMILES string of the molecule is O=C(CNC(=O)C1CCCN(C(=O)Nc2ccccc2)C1)NCc1ccco1. The summed E-state index contributed by atoms with van der Waals surface area (Å²) in [7, 11) is 0. The fraction of sp³-hybridized carbons (Fsp3) is 0.350. The number of carbonyl (C=O) groups excluding carboxylic acids is 3. The zero-order valence-corrected chi connectivity index (χ0v) is 15.5. The Balaban J connectivity index is 1.42. The summed E-state index contributed by atoms with van der Waals surface area (Å²) in [5.74, 6) is -0.190. The van der Waals surface area contributed by atoms with Crippen LogP contribution < -0.4 is 16.0 Å². The Morgan fingerprint density at radius 2 is 1.89 bits per heavy atom. The van der Waals surface area contributed by atoms with Crippen molar-refractivity contribution >= 4 is 23.5 Å². The second-order valence-corrected chi connectivity index (χ2v) is 6.66. The molecule has 8 nitrogen and oxygen atoms in total. The molecule has 0 radical (unpaired) electrons. The number of nitrogens with zero attached hydrogens (tertiary/aromatic N) is 1. The van der Waals surface area contributed by atoms with Gasteiger partial charge in [0.2, 0.25) is 11.8 Å². The third kappa shape index (κ3) is 5.60. The van der Waals surface area contributed by atoms with Crippen LogP contribution in [0.15, 0.2) is 53.1 Å². The molecule has 3 rings (SSSR count). The minimum atomic E-state index is -0.326. The first-order chi connectivity index (χ1) is 13.6. The molecule has 0 saturated carbocycles. The number of nitrogens with one attached hydrogen (secondary N) is 3. The van der Waals surface area contributed by atoms with E-state index in [-0.39, 0.29) is 36.9 Å². The van der Waals surface area contributed by atoms with Crippen LogP contribution in [-0.4, -0.2) is 42.4 Å². The molecule has 0 bridgehead atoms. The van der Waals surface area contributed by atoms with Crippen LogP contribution >= 0.6 is 0 Å². The van der Waals surface area contributed by atoms with Crippen molar-refractivity contribution < 1.29 is 18.8 Å². The highest BCUT2D eigenvalue weighted by Gasteiger charge is 2.28. The first-order valence-electron chi connectivity index (χ1n) is 9.29. The maximum atomic E-state index is 12.4. The van der Waals surface area contributed by atoms with E-state index < -0.39 is 0 Å².